The molecule has 0 atom stereocenters. The maximum absolute atomic E-state index is 13.5. The molecule has 1 heterocycles. The molecule has 0 saturated heterocycles. The van der Waals surface area contributed by atoms with Crippen LogP contribution in [0, 0.1) is 5.82 Å². The molecule has 3 nitrogen and oxygen atoms in total. The molecule has 4 heteroatoms. The molecule has 0 unspecified atom stereocenters. The summed E-state index contributed by atoms with van der Waals surface area (Å²) in [5.74, 6) is 0.474. The topological polar surface area (TPSA) is 29.9 Å². The second-order valence-electron chi connectivity index (χ2n) is 4.27. The molecular formula is C15H14FN3. The number of hydrogen-bond acceptors (Lipinski definition) is 2. The first kappa shape index (κ1) is 11.7. The Kier molecular flexibility index (Phi) is 2.91. The zero-order valence-electron chi connectivity index (χ0n) is 10.6. The molecule has 96 valence electrons. The minimum atomic E-state index is -0.257. The van der Waals surface area contributed by atoms with Crippen LogP contribution in [0.25, 0.3) is 16.7 Å². The Labute approximate surface area is 110 Å². The Morgan fingerprint density at radius 2 is 1.95 bits per heavy atom. The molecule has 0 amide bonds. The van der Waals surface area contributed by atoms with Gasteiger partial charge < -0.3 is 5.32 Å². The molecule has 3 rings (SSSR count). The number of nitrogens with zero attached hydrogens (tertiary/aromatic N) is 2. The first-order valence-corrected chi connectivity index (χ1v) is 6.27. The van der Waals surface area contributed by atoms with Gasteiger partial charge in [0.2, 0.25) is 5.95 Å². The van der Waals surface area contributed by atoms with E-state index in [1.165, 1.54) is 12.1 Å². The van der Waals surface area contributed by atoms with Gasteiger partial charge in [-0.1, -0.05) is 18.2 Å². The summed E-state index contributed by atoms with van der Waals surface area (Å²) in [6.45, 7) is 2.77. The Morgan fingerprint density at radius 3 is 2.68 bits per heavy atom. The summed E-state index contributed by atoms with van der Waals surface area (Å²) in [6, 6.07) is 14.5. The van der Waals surface area contributed by atoms with Crippen LogP contribution >= 0.6 is 0 Å². The van der Waals surface area contributed by atoms with E-state index in [0.29, 0.717) is 0 Å². The average Bonchev–Trinajstić information content (AvgIpc) is 2.77. The zero-order chi connectivity index (χ0) is 13.2. The SMILES string of the molecule is CCNc1nc2ccc(F)cc2n1-c1ccccc1. The molecule has 0 fully saturated rings. The molecule has 1 aromatic heterocycles. The van der Waals surface area contributed by atoms with Crippen LogP contribution in [0.4, 0.5) is 10.3 Å². The van der Waals surface area contributed by atoms with E-state index in [2.05, 4.69) is 10.3 Å². The Morgan fingerprint density at radius 1 is 1.16 bits per heavy atom. The van der Waals surface area contributed by atoms with E-state index in [4.69, 9.17) is 0 Å². The van der Waals surface area contributed by atoms with Crippen molar-refractivity contribution >= 4 is 17.0 Å². The van der Waals surface area contributed by atoms with Gasteiger partial charge in [-0.05, 0) is 31.2 Å². The summed E-state index contributed by atoms with van der Waals surface area (Å²) < 4.78 is 15.4. The fraction of sp³-hybridized carbons (Fsp3) is 0.133. The molecule has 19 heavy (non-hydrogen) atoms. The highest BCUT2D eigenvalue weighted by molar-refractivity contribution is 5.81. The summed E-state index contributed by atoms with van der Waals surface area (Å²) in [4.78, 5) is 4.51. The molecule has 0 saturated carbocycles. The van der Waals surface area contributed by atoms with Gasteiger partial charge in [-0.25, -0.2) is 9.37 Å². The number of imidazole rings is 1. The maximum atomic E-state index is 13.5. The van der Waals surface area contributed by atoms with Gasteiger partial charge in [0.1, 0.15) is 5.82 Å². The number of benzene rings is 2. The molecule has 0 aliphatic heterocycles. The van der Waals surface area contributed by atoms with E-state index in [0.717, 1.165) is 29.2 Å². The van der Waals surface area contributed by atoms with Crippen LogP contribution in [0.3, 0.4) is 0 Å². The summed E-state index contributed by atoms with van der Waals surface area (Å²) in [5.41, 5.74) is 2.51. The molecule has 2 aromatic carbocycles. The smallest absolute Gasteiger partial charge is 0.208 e. The van der Waals surface area contributed by atoms with E-state index < -0.39 is 0 Å². The fourth-order valence-electron chi connectivity index (χ4n) is 2.16. The van der Waals surface area contributed by atoms with Crippen molar-refractivity contribution in [2.75, 3.05) is 11.9 Å². The minimum absolute atomic E-state index is 0.257. The Balaban J connectivity index is 2.30. The summed E-state index contributed by atoms with van der Waals surface area (Å²) in [6.07, 6.45) is 0. The standard InChI is InChI=1S/C15H14FN3/c1-2-17-15-18-13-9-8-11(16)10-14(13)19(15)12-6-4-3-5-7-12/h3-10H,2H2,1H3,(H,17,18). The van der Waals surface area contributed by atoms with Crippen LogP contribution < -0.4 is 5.32 Å². The Bertz CT molecular complexity index is 704. The molecule has 0 radical (unpaired) electrons. The lowest BCUT2D eigenvalue weighted by Gasteiger charge is -2.09. The highest BCUT2D eigenvalue weighted by Crippen LogP contribution is 2.25. The second-order valence-corrected chi connectivity index (χ2v) is 4.27. The van der Waals surface area contributed by atoms with Gasteiger partial charge in [-0.2, -0.15) is 0 Å². The molecule has 1 N–H and O–H groups in total. The number of fused-ring (bicyclic) bond motifs is 1. The molecule has 0 bridgehead atoms. The van der Waals surface area contributed by atoms with Crippen molar-refractivity contribution < 1.29 is 4.39 Å². The van der Waals surface area contributed by atoms with Gasteiger partial charge in [0.05, 0.1) is 11.0 Å². The largest absolute Gasteiger partial charge is 0.356 e. The monoisotopic (exact) mass is 255 g/mol. The van der Waals surface area contributed by atoms with E-state index in [1.54, 1.807) is 6.07 Å². The van der Waals surface area contributed by atoms with Crippen molar-refractivity contribution in [3.63, 3.8) is 0 Å². The van der Waals surface area contributed by atoms with Crippen molar-refractivity contribution in [1.82, 2.24) is 9.55 Å². The third-order valence-electron chi connectivity index (χ3n) is 2.97. The predicted octanol–water partition coefficient (Wildman–Crippen LogP) is 3.60. The van der Waals surface area contributed by atoms with E-state index in [9.17, 15) is 4.39 Å². The fourth-order valence-corrected chi connectivity index (χ4v) is 2.16. The van der Waals surface area contributed by atoms with Crippen molar-refractivity contribution in [2.24, 2.45) is 0 Å². The van der Waals surface area contributed by atoms with Crippen LogP contribution in [-0.4, -0.2) is 16.1 Å². The lowest BCUT2D eigenvalue weighted by atomic mass is 10.2. The number of rotatable bonds is 3. The third kappa shape index (κ3) is 2.05. The zero-order valence-corrected chi connectivity index (χ0v) is 10.6. The number of para-hydroxylation sites is 1. The van der Waals surface area contributed by atoms with Gasteiger partial charge in [0.25, 0.3) is 0 Å². The number of halogens is 1. The molecule has 0 aliphatic rings. The third-order valence-corrected chi connectivity index (χ3v) is 2.97. The van der Waals surface area contributed by atoms with Crippen LogP contribution in [0.15, 0.2) is 48.5 Å². The maximum Gasteiger partial charge on any atom is 0.208 e. The molecule has 0 spiro atoms. The van der Waals surface area contributed by atoms with E-state index in [-0.39, 0.29) is 5.82 Å². The summed E-state index contributed by atoms with van der Waals surface area (Å²) in [5, 5.41) is 3.21. The molecule has 3 aromatic rings. The van der Waals surface area contributed by atoms with E-state index in [1.807, 2.05) is 41.8 Å². The summed E-state index contributed by atoms with van der Waals surface area (Å²) in [7, 11) is 0. The Hall–Kier alpha value is -2.36. The first-order valence-electron chi connectivity index (χ1n) is 6.27. The van der Waals surface area contributed by atoms with Crippen LogP contribution in [0.5, 0.6) is 0 Å². The van der Waals surface area contributed by atoms with Crippen molar-refractivity contribution in [3.05, 3.63) is 54.3 Å². The predicted molar refractivity (Wildman–Crippen MR) is 75.2 cm³/mol. The first-order chi connectivity index (χ1) is 9.29. The van der Waals surface area contributed by atoms with Gasteiger partial charge in [-0.15, -0.1) is 0 Å². The average molecular weight is 255 g/mol. The molecule has 0 aliphatic carbocycles. The van der Waals surface area contributed by atoms with Gasteiger partial charge in [-0.3, -0.25) is 4.57 Å². The van der Waals surface area contributed by atoms with Crippen molar-refractivity contribution in [3.8, 4) is 5.69 Å². The second kappa shape index (κ2) is 4.72. The number of hydrogen-bond donors (Lipinski definition) is 1. The quantitative estimate of drug-likeness (QED) is 0.775. The van der Waals surface area contributed by atoms with E-state index >= 15 is 0 Å². The molecular weight excluding hydrogens is 241 g/mol. The van der Waals surface area contributed by atoms with Gasteiger partial charge in [0, 0.05) is 18.3 Å². The van der Waals surface area contributed by atoms with Gasteiger partial charge in [0.15, 0.2) is 0 Å². The minimum Gasteiger partial charge on any atom is -0.356 e. The number of aromatic nitrogens is 2. The lowest BCUT2D eigenvalue weighted by Crippen LogP contribution is -2.05. The van der Waals surface area contributed by atoms with Crippen LogP contribution in [0.1, 0.15) is 6.92 Å². The highest BCUT2D eigenvalue weighted by Gasteiger charge is 2.12. The van der Waals surface area contributed by atoms with Crippen LogP contribution in [-0.2, 0) is 0 Å². The van der Waals surface area contributed by atoms with Crippen LogP contribution in [0.2, 0.25) is 0 Å². The highest BCUT2D eigenvalue weighted by atomic mass is 19.1. The number of nitrogens with one attached hydrogen (secondary N) is 1. The van der Waals surface area contributed by atoms with Crippen molar-refractivity contribution in [2.45, 2.75) is 6.92 Å². The van der Waals surface area contributed by atoms with Gasteiger partial charge >= 0.3 is 0 Å². The summed E-state index contributed by atoms with van der Waals surface area (Å²) >= 11 is 0. The lowest BCUT2D eigenvalue weighted by molar-refractivity contribution is 0.629. The normalized spacial score (nSPS) is 10.8. The number of anilines is 1. The van der Waals surface area contributed by atoms with Crippen molar-refractivity contribution in [1.29, 1.82) is 0 Å².